The van der Waals surface area contributed by atoms with Gasteiger partial charge in [-0.3, -0.25) is 9.69 Å². The van der Waals surface area contributed by atoms with Gasteiger partial charge in [-0.25, -0.2) is 4.98 Å². The second-order valence-corrected chi connectivity index (χ2v) is 7.36. The predicted octanol–water partition coefficient (Wildman–Crippen LogP) is 4.35. The monoisotopic (exact) mass is 395 g/mol. The van der Waals surface area contributed by atoms with Crippen LogP contribution in [-0.2, 0) is 16.1 Å². The Balaban J connectivity index is 1.73. The van der Waals surface area contributed by atoms with Gasteiger partial charge >= 0.3 is 0 Å². The number of hydrogen-bond donors (Lipinski definition) is 1. The van der Waals surface area contributed by atoms with Gasteiger partial charge in [0.05, 0.1) is 29.4 Å². The molecule has 5 nitrogen and oxygen atoms in total. The Kier molecular flexibility index (Phi) is 5.57. The lowest BCUT2D eigenvalue weighted by Crippen LogP contribution is -2.35. The molecule has 0 unspecified atom stereocenters. The zero-order chi connectivity index (χ0) is 19.5. The molecule has 1 N–H and O–H groups in total. The van der Waals surface area contributed by atoms with Crippen LogP contribution in [0.15, 0.2) is 48.5 Å². The first kappa shape index (κ1) is 18.9. The zero-order valence-electron chi connectivity index (χ0n) is 15.7. The number of ether oxygens (including phenoxy) is 1. The van der Waals surface area contributed by atoms with E-state index in [9.17, 15) is 4.79 Å². The maximum absolute atomic E-state index is 11.2. The van der Waals surface area contributed by atoms with Crippen LogP contribution in [0, 0.1) is 0 Å². The minimum atomic E-state index is -0.0869. The third-order valence-corrected chi connectivity index (χ3v) is 5.18. The number of nitrogens with zero attached hydrogens (tertiary/aromatic N) is 2. The highest BCUT2D eigenvalue weighted by molar-refractivity contribution is 6.35. The third-order valence-electron chi connectivity index (χ3n) is 4.87. The molecule has 0 aliphatic carbocycles. The van der Waals surface area contributed by atoms with E-state index in [4.69, 9.17) is 21.3 Å². The van der Waals surface area contributed by atoms with Gasteiger partial charge in [0.2, 0.25) is 5.91 Å². The zero-order valence-corrected chi connectivity index (χ0v) is 16.5. The number of aromatic nitrogens is 1. The molecule has 0 saturated carbocycles. The van der Waals surface area contributed by atoms with Crippen LogP contribution < -0.4 is 5.32 Å². The summed E-state index contributed by atoms with van der Waals surface area (Å²) in [6.07, 6.45) is 0. The largest absolute Gasteiger partial charge is 0.379 e. The molecule has 2 heterocycles. The van der Waals surface area contributed by atoms with E-state index in [2.05, 4.69) is 22.3 Å². The van der Waals surface area contributed by atoms with Crippen molar-refractivity contribution in [2.45, 2.75) is 13.5 Å². The highest BCUT2D eigenvalue weighted by Gasteiger charge is 2.15. The van der Waals surface area contributed by atoms with Gasteiger partial charge in [-0.2, -0.15) is 0 Å². The molecule has 4 rings (SSSR count). The van der Waals surface area contributed by atoms with Gasteiger partial charge in [-0.1, -0.05) is 35.9 Å². The van der Waals surface area contributed by atoms with Crippen LogP contribution >= 0.6 is 11.6 Å². The van der Waals surface area contributed by atoms with Gasteiger partial charge in [0.15, 0.2) is 0 Å². The SMILES string of the molecule is CC(=O)Nc1ccc(-c2cc(CN3CCOCC3)c3cccc(Cl)c3n2)cc1. The van der Waals surface area contributed by atoms with E-state index < -0.39 is 0 Å². The van der Waals surface area contributed by atoms with Crippen molar-refractivity contribution in [1.82, 2.24) is 9.88 Å². The molecule has 0 atom stereocenters. The van der Waals surface area contributed by atoms with Crippen molar-refractivity contribution in [3.8, 4) is 11.3 Å². The first-order valence-electron chi connectivity index (χ1n) is 9.36. The second-order valence-electron chi connectivity index (χ2n) is 6.95. The molecule has 144 valence electrons. The van der Waals surface area contributed by atoms with Gasteiger partial charge in [0, 0.05) is 43.2 Å². The van der Waals surface area contributed by atoms with Crippen molar-refractivity contribution < 1.29 is 9.53 Å². The number of halogens is 1. The van der Waals surface area contributed by atoms with E-state index in [1.54, 1.807) is 0 Å². The van der Waals surface area contributed by atoms with Crippen molar-refractivity contribution in [2.75, 3.05) is 31.6 Å². The van der Waals surface area contributed by atoms with E-state index in [1.807, 2.05) is 36.4 Å². The van der Waals surface area contributed by atoms with E-state index in [0.717, 1.165) is 60.7 Å². The number of carbonyl (C=O) groups is 1. The van der Waals surface area contributed by atoms with Crippen molar-refractivity contribution >= 4 is 34.1 Å². The van der Waals surface area contributed by atoms with Crippen LogP contribution in [0.2, 0.25) is 5.02 Å². The van der Waals surface area contributed by atoms with Crippen molar-refractivity contribution in [2.24, 2.45) is 0 Å². The number of morpholine rings is 1. The molecule has 1 amide bonds. The fourth-order valence-corrected chi connectivity index (χ4v) is 3.71. The smallest absolute Gasteiger partial charge is 0.221 e. The van der Waals surface area contributed by atoms with Gasteiger partial charge in [0.1, 0.15) is 0 Å². The number of hydrogen-bond acceptors (Lipinski definition) is 4. The number of anilines is 1. The molecule has 1 saturated heterocycles. The van der Waals surface area contributed by atoms with Crippen LogP contribution in [-0.4, -0.2) is 42.1 Å². The Morgan fingerprint density at radius 2 is 1.93 bits per heavy atom. The number of amides is 1. The lowest BCUT2D eigenvalue weighted by atomic mass is 10.0. The maximum atomic E-state index is 11.2. The van der Waals surface area contributed by atoms with Gasteiger partial charge in [-0.05, 0) is 29.8 Å². The summed E-state index contributed by atoms with van der Waals surface area (Å²) >= 11 is 6.47. The maximum Gasteiger partial charge on any atom is 0.221 e. The van der Waals surface area contributed by atoms with Crippen LogP contribution in [0.4, 0.5) is 5.69 Å². The van der Waals surface area contributed by atoms with Crippen molar-refractivity contribution in [3.63, 3.8) is 0 Å². The second kappa shape index (κ2) is 8.27. The fourth-order valence-electron chi connectivity index (χ4n) is 3.49. The average Bonchev–Trinajstić information content (AvgIpc) is 2.69. The van der Waals surface area contributed by atoms with E-state index in [-0.39, 0.29) is 5.91 Å². The highest BCUT2D eigenvalue weighted by atomic mass is 35.5. The molecule has 6 heteroatoms. The Morgan fingerprint density at radius 1 is 1.18 bits per heavy atom. The van der Waals surface area contributed by atoms with Gasteiger partial charge in [-0.15, -0.1) is 0 Å². The van der Waals surface area contributed by atoms with Crippen LogP contribution in [0.1, 0.15) is 12.5 Å². The molecule has 1 aliphatic rings. The molecule has 3 aromatic rings. The van der Waals surface area contributed by atoms with Crippen molar-refractivity contribution in [1.29, 1.82) is 0 Å². The standard InChI is InChI=1S/C22H22ClN3O2/c1-15(27)24-18-7-5-16(6-8-18)21-13-17(14-26-9-11-28-12-10-26)19-3-2-4-20(23)22(19)25-21/h2-8,13H,9-12,14H2,1H3,(H,24,27). The first-order valence-corrected chi connectivity index (χ1v) is 9.74. The highest BCUT2D eigenvalue weighted by Crippen LogP contribution is 2.30. The Labute approximate surface area is 169 Å². The predicted molar refractivity (Wildman–Crippen MR) is 113 cm³/mol. The quantitative estimate of drug-likeness (QED) is 0.713. The number of rotatable bonds is 4. The minimum Gasteiger partial charge on any atom is -0.379 e. The summed E-state index contributed by atoms with van der Waals surface area (Å²) in [7, 11) is 0. The normalized spacial score (nSPS) is 14.9. The summed E-state index contributed by atoms with van der Waals surface area (Å²) in [6.45, 7) is 5.71. The summed E-state index contributed by atoms with van der Waals surface area (Å²) in [5.41, 5.74) is 4.65. The molecule has 1 aromatic heterocycles. The van der Waals surface area contributed by atoms with Crippen molar-refractivity contribution in [3.05, 3.63) is 59.1 Å². The summed E-state index contributed by atoms with van der Waals surface area (Å²) in [5.74, 6) is -0.0869. The summed E-state index contributed by atoms with van der Waals surface area (Å²) in [4.78, 5) is 18.5. The molecule has 1 aliphatic heterocycles. The first-order chi connectivity index (χ1) is 13.6. The Morgan fingerprint density at radius 3 is 2.64 bits per heavy atom. The molecule has 0 bridgehead atoms. The Bertz CT molecular complexity index is 999. The summed E-state index contributed by atoms with van der Waals surface area (Å²) < 4.78 is 5.47. The van der Waals surface area contributed by atoms with Gasteiger partial charge in [0.25, 0.3) is 0 Å². The number of benzene rings is 2. The van der Waals surface area contributed by atoms with Gasteiger partial charge < -0.3 is 10.1 Å². The minimum absolute atomic E-state index is 0.0869. The van der Waals surface area contributed by atoms with Crippen LogP contribution in [0.25, 0.3) is 22.2 Å². The molecule has 0 radical (unpaired) electrons. The molecule has 2 aromatic carbocycles. The van der Waals surface area contributed by atoms with E-state index in [1.165, 1.54) is 12.5 Å². The topological polar surface area (TPSA) is 54.5 Å². The number of nitrogens with one attached hydrogen (secondary N) is 1. The third kappa shape index (κ3) is 4.17. The summed E-state index contributed by atoms with van der Waals surface area (Å²) in [5, 5.41) is 4.52. The molecular formula is C22H22ClN3O2. The lowest BCUT2D eigenvalue weighted by Gasteiger charge is -2.27. The number of para-hydroxylation sites is 1. The summed E-state index contributed by atoms with van der Waals surface area (Å²) in [6, 6.07) is 15.8. The number of fused-ring (bicyclic) bond motifs is 1. The molecule has 28 heavy (non-hydrogen) atoms. The molecular weight excluding hydrogens is 374 g/mol. The number of pyridine rings is 1. The van der Waals surface area contributed by atoms with Crippen LogP contribution in [0.3, 0.4) is 0 Å². The molecule has 1 fully saturated rings. The average molecular weight is 396 g/mol. The van der Waals surface area contributed by atoms with E-state index in [0.29, 0.717) is 5.02 Å². The lowest BCUT2D eigenvalue weighted by molar-refractivity contribution is -0.114. The molecule has 0 spiro atoms. The fraction of sp³-hybridized carbons (Fsp3) is 0.273. The van der Waals surface area contributed by atoms with Crippen LogP contribution in [0.5, 0.6) is 0 Å². The Hall–Kier alpha value is -2.47. The number of carbonyl (C=O) groups excluding carboxylic acids is 1. The van der Waals surface area contributed by atoms with E-state index >= 15 is 0 Å².